The van der Waals surface area contributed by atoms with Crippen LogP contribution in [0.1, 0.15) is 6.92 Å². The fourth-order valence-corrected chi connectivity index (χ4v) is 2.30. The molecule has 1 unspecified atom stereocenters. The summed E-state index contributed by atoms with van der Waals surface area (Å²) in [5, 5.41) is 17.9. The van der Waals surface area contributed by atoms with Crippen LogP contribution in [0.25, 0.3) is 22.9 Å². The molecule has 1 heterocycles. The van der Waals surface area contributed by atoms with Crippen LogP contribution < -0.4 is 4.74 Å². The molecule has 0 saturated carbocycles. The third-order valence-electron chi connectivity index (χ3n) is 3.37. The monoisotopic (exact) mass is 326 g/mol. The first-order valence-corrected chi connectivity index (χ1v) is 7.55. The molecule has 124 valence electrons. The molecule has 1 N–H and O–H groups in total. The van der Waals surface area contributed by atoms with Crippen molar-refractivity contribution in [3.8, 4) is 34.4 Å². The molecular weight excluding hydrogens is 308 g/mol. The SMILES string of the molecule is COCC(C)Oc1cc(O)ccc1-c1nnc(-c2ccccc2)o1. The molecule has 1 atom stereocenters. The Morgan fingerprint density at radius 1 is 1.08 bits per heavy atom. The topological polar surface area (TPSA) is 77.6 Å². The van der Waals surface area contributed by atoms with Gasteiger partial charge < -0.3 is 19.0 Å². The molecule has 0 bridgehead atoms. The summed E-state index contributed by atoms with van der Waals surface area (Å²) in [6, 6.07) is 14.3. The Morgan fingerprint density at radius 2 is 1.83 bits per heavy atom. The van der Waals surface area contributed by atoms with Gasteiger partial charge in [0.15, 0.2) is 0 Å². The molecule has 2 aromatic carbocycles. The van der Waals surface area contributed by atoms with Crippen molar-refractivity contribution in [2.75, 3.05) is 13.7 Å². The number of benzene rings is 2. The van der Waals surface area contributed by atoms with Crippen LogP contribution in [0.5, 0.6) is 11.5 Å². The molecule has 0 spiro atoms. The van der Waals surface area contributed by atoms with E-state index in [1.165, 1.54) is 6.07 Å². The minimum atomic E-state index is -0.188. The summed E-state index contributed by atoms with van der Waals surface area (Å²) in [6.07, 6.45) is -0.188. The largest absolute Gasteiger partial charge is 0.508 e. The van der Waals surface area contributed by atoms with E-state index in [1.807, 2.05) is 37.3 Å². The summed E-state index contributed by atoms with van der Waals surface area (Å²) in [4.78, 5) is 0. The third kappa shape index (κ3) is 3.55. The van der Waals surface area contributed by atoms with E-state index in [0.29, 0.717) is 29.7 Å². The van der Waals surface area contributed by atoms with Crippen molar-refractivity contribution < 1.29 is 19.0 Å². The Kier molecular flexibility index (Phi) is 4.77. The van der Waals surface area contributed by atoms with E-state index < -0.39 is 0 Å². The second-order valence-corrected chi connectivity index (χ2v) is 5.34. The van der Waals surface area contributed by atoms with Crippen LogP contribution in [0.4, 0.5) is 0 Å². The number of hydrogen-bond acceptors (Lipinski definition) is 6. The molecule has 6 nitrogen and oxygen atoms in total. The summed E-state index contributed by atoms with van der Waals surface area (Å²) in [5.74, 6) is 1.31. The lowest BCUT2D eigenvalue weighted by molar-refractivity contribution is 0.0922. The predicted molar refractivity (Wildman–Crippen MR) is 88.8 cm³/mol. The normalized spacial score (nSPS) is 12.1. The average molecular weight is 326 g/mol. The van der Waals surface area contributed by atoms with Gasteiger partial charge in [0.1, 0.15) is 17.6 Å². The molecule has 3 aromatic rings. The minimum Gasteiger partial charge on any atom is -0.508 e. The van der Waals surface area contributed by atoms with Crippen LogP contribution in [-0.2, 0) is 4.74 Å². The fourth-order valence-electron chi connectivity index (χ4n) is 2.30. The molecular formula is C18H18N2O4. The van der Waals surface area contributed by atoms with Gasteiger partial charge in [0.25, 0.3) is 5.89 Å². The third-order valence-corrected chi connectivity index (χ3v) is 3.37. The van der Waals surface area contributed by atoms with Crippen LogP contribution in [-0.4, -0.2) is 35.1 Å². The van der Waals surface area contributed by atoms with Gasteiger partial charge in [0.05, 0.1) is 12.2 Å². The second-order valence-electron chi connectivity index (χ2n) is 5.34. The first-order valence-electron chi connectivity index (χ1n) is 7.55. The number of phenolic OH excluding ortho intramolecular Hbond substituents is 1. The smallest absolute Gasteiger partial charge is 0.251 e. The van der Waals surface area contributed by atoms with Crippen molar-refractivity contribution in [3.05, 3.63) is 48.5 Å². The van der Waals surface area contributed by atoms with Gasteiger partial charge in [-0.1, -0.05) is 18.2 Å². The summed E-state index contributed by atoms with van der Waals surface area (Å²) >= 11 is 0. The van der Waals surface area contributed by atoms with E-state index in [9.17, 15) is 5.11 Å². The number of ether oxygens (including phenoxy) is 2. The Balaban J connectivity index is 1.93. The van der Waals surface area contributed by atoms with Crippen LogP contribution in [0.3, 0.4) is 0 Å². The zero-order valence-corrected chi connectivity index (χ0v) is 13.5. The van der Waals surface area contributed by atoms with Crippen LogP contribution >= 0.6 is 0 Å². The van der Waals surface area contributed by atoms with E-state index in [2.05, 4.69) is 10.2 Å². The molecule has 6 heteroatoms. The number of rotatable bonds is 6. The highest BCUT2D eigenvalue weighted by Crippen LogP contribution is 2.34. The lowest BCUT2D eigenvalue weighted by atomic mass is 10.2. The maximum atomic E-state index is 9.73. The molecule has 0 fully saturated rings. The molecule has 1 aromatic heterocycles. The lowest BCUT2D eigenvalue weighted by Gasteiger charge is -2.15. The predicted octanol–water partition coefficient (Wildman–Crippen LogP) is 3.52. The molecule has 3 rings (SSSR count). The number of methoxy groups -OCH3 is 1. The Morgan fingerprint density at radius 3 is 2.58 bits per heavy atom. The van der Waals surface area contributed by atoms with E-state index in [-0.39, 0.29) is 11.9 Å². The Hall–Kier alpha value is -2.86. The Bertz CT molecular complexity index is 802. The summed E-state index contributed by atoms with van der Waals surface area (Å²) in [5.41, 5.74) is 1.45. The first kappa shape index (κ1) is 16.0. The quantitative estimate of drug-likeness (QED) is 0.747. The van der Waals surface area contributed by atoms with Gasteiger partial charge in [-0.15, -0.1) is 10.2 Å². The average Bonchev–Trinajstić information content (AvgIpc) is 3.06. The van der Waals surface area contributed by atoms with Gasteiger partial charge in [-0.3, -0.25) is 0 Å². The maximum absolute atomic E-state index is 9.73. The number of phenols is 1. The highest BCUT2D eigenvalue weighted by atomic mass is 16.5. The van der Waals surface area contributed by atoms with Gasteiger partial charge in [0.2, 0.25) is 5.89 Å². The molecule has 0 aliphatic rings. The van der Waals surface area contributed by atoms with Gasteiger partial charge in [0, 0.05) is 18.7 Å². The van der Waals surface area contributed by atoms with Gasteiger partial charge in [-0.05, 0) is 31.2 Å². The molecule has 0 aliphatic carbocycles. The van der Waals surface area contributed by atoms with E-state index >= 15 is 0 Å². The molecule has 24 heavy (non-hydrogen) atoms. The van der Waals surface area contributed by atoms with Crippen molar-refractivity contribution in [2.45, 2.75) is 13.0 Å². The van der Waals surface area contributed by atoms with Crippen LogP contribution in [0.2, 0.25) is 0 Å². The molecule has 0 radical (unpaired) electrons. The highest BCUT2D eigenvalue weighted by molar-refractivity contribution is 5.65. The van der Waals surface area contributed by atoms with Crippen molar-refractivity contribution in [2.24, 2.45) is 0 Å². The number of aromatic hydroxyl groups is 1. The van der Waals surface area contributed by atoms with Gasteiger partial charge in [-0.2, -0.15) is 0 Å². The number of hydrogen-bond donors (Lipinski definition) is 1. The highest BCUT2D eigenvalue weighted by Gasteiger charge is 2.17. The minimum absolute atomic E-state index is 0.0983. The standard InChI is InChI=1S/C18H18N2O4/c1-12(11-22-2)23-16-10-14(21)8-9-15(16)18-20-19-17(24-18)13-6-4-3-5-7-13/h3-10,12,21H,11H2,1-2H3. The van der Waals surface area contributed by atoms with Gasteiger partial charge in [-0.25, -0.2) is 0 Å². The maximum Gasteiger partial charge on any atom is 0.251 e. The van der Waals surface area contributed by atoms with E-state index in [4.69, 9.17) is 13.9 Å². The van der Waals surface area contributed by atoms with Gasteiger partial charge >= 0.3 is 0 Å². The zero-order chi connectivity index (χ0) is 16.9. The molecule has 0 amide bonds. The first-order chi connectivity index (χ1) is 11.7. The summed E-state index contributed by atoms with van der Waals surface area (Å²) in [6.45, 7) is 2.30. The van der Waals surface area contributed by atoms with Crippen LogP contribution in [0, 0.1) is 0 Å². The zero-order valence-electron chi connectivity index (χ0n) is 13.5. The summed E-state index contributed by atoms with van der Waals surface area (Å²) in [7, 11) is 1.60. The van der Waals surface area contributed by atoms with Crippen molar-refractivity contribution in [1.82, 2.24) is 10.2 Å². The second kappa shape index (κ2) is 7.14. The number of aromatic nitrogens is 2. The van der Waals surface area contributed by atoms with Crippen molar-refractivity contribution in [3.63, 3.8) is 0 Å². The Labute approximate surface area is 139 Å². The lowest BCUT2D eigenvalue weighted by Crippen LogP contribution is -2.18. The number of nitrogens with zero attached hydrogens (tertiary/aromatic N) is 2. The van der Waals surface area contributed by atoms with E-state index in [0.717, 1.165) is 5.56 Å². The summed E-state index contributed by atoms with van der Waals surface area (Å²) < 4.78 is 16.7. The van der Waals surface area contributed by atoms with Crippen LogP contribution in [0.15, 0.2) is 52.9 Å². The molecule has 0 aliphatic heterocycles. The molecule has 0 saturated heterocycles. The van der Waals surface area contributed by atoms with Crippen molar-refractivity contribution >= 4 is 0 Å². The fraction of sp³-hybridized carbons (Fsp3) is 0.222. The van der Waals surface area contributed by atoms with Crippen molar-refractivity contribution in [1.29, 1.82) is 0 Å². The van der Waals surface area contributed by atoms with E-state index in [1.54, 1.807) is 19.2 Å².